The quantitative estimate of drug-likeness (QED) is 0.677. The second kappa shape index (κ2) is 4.29. The van der Waals surface area contributed by atoms with Gasteiger partial charge in [-0.3, -0.25) is 4.79 Å². The lowest BCUT2D eigenvalue weighted by molar-refractivity contribution is -0.126. The van der Waals surface area contributed by atoms with E-state index in [4.69, 9.17) is 18.0 Å². The van der Waals surface area contributed by atoms with Crippen LogP contribution in [0.4, 0.5) is 0 Å². The minimum absolute atomic E-state index is 0.00610. The van der Waals surface area contributed by atoms with Crippen LogP contribution in [-0.4, -0.2) is 36.9 Å². The molecule has 1 saturated heterocycles. The predicted octanol–water partition coefficient (Wildman–Crippen LogP) is -0.398. The Kier molecular flexibility index (Phi) is 3.59. The highest BCUT2D eigenvalue weighted by Crippen LogP contribution is 2.18. The third-order valence-corrected chi connectivity index (χ3v) is 5.03. The Bertz CT molecular complexity index is 414. The van der Waals surface area contributed by atoms with Crippen LogP contribution >= 0.6 is 12.2 Å². The van der Waals surface area contributed by atoms with Gasteiger partial charge in [0.25, 0.3) is 0 Å². The van der Waals surface area contributed by atoms with Crippen molar-refractivity contribution in [1.82, 2.24) is 5.32 Å². The number of carbonyl (C=O) groups is 1. The highest BCUT2D eigenvalue weighted by atomic mass is 32.2. The maximum atomic E-state index is 11.8. The maximum absolute atomic E-state index is 11.8. The average Bonchev–Trinajstić information content (AvgIpc) is 2.45. The smallest absolute Gasteiger partial charge is 0.232 e. The van der Waals surface area contributed by atoms with Crippen molar-refractivity contribution in [3.05, 3.63) is 0 Å². The van der Waals surface area contributed by atoms with Gasteiger partial charge in [0, 0.05) is 6.04 Å². The molecule has 0 aliphatic carbocycles. The van der Waals surface area contributed by atoms with Crippen LogP contribution < -0.4 is 11.1 Å². The number of nitrogens with one attached hydrogen (secondary N) is 1. The summed E-state index contributed by atoms with van der Waals surface area (Å²) in [6.07, 6.45) is 0.460. The molecule has 0 saturated carbocycles. The molecule has 92 valence electrons. The van der Waals surface area contributed by atoms with E-state index in [-0.39, 0.29) is 28.4 Å². The molecule has 1 fully saturated rings. The maximum Gasteiger partial charge on any atom is 0.232 e. The van der Waals surface area contributed by atoms with E-state index in [0.29, 0.717) is 6.42 Å². The van der Waals surface area contributed by atoms with Crippen molar-refractivity contribution < 1.29 is 13.2 Å². The van der Waals surface area contributed by atoms with E-state index in [9.17, 15) is 13.2 Å². The molecule has 1 aliphatic heterocycles. The molecule has 5 nitrogen and oxygen atoms in total. The van der Waals surface area contributed by atoms with Gasteiger partial charge in [-0.25, -0.2) is 8.42 Å². The summed E-state index contributed by atoms with van der Waals surface area (Å²) < 4.78 is 22.4. The molecule has 0 bridgehead atoms. The second-order valence-electron chi connectivity index (χ2n) is 4.56. The van der Waals surface area contributed by atoms with E-state index in [1.807, 2.05) is 0 Å². The molecule has 0 radical (unpaired) electrons. The molecule has 3 N–H and O–H groups in total. The lowest BCUT2D eigenvalue weighted by Crippen LogP contribution is -2.48. The molecule has 1 amide bonds. The van der Waals surface area contributed by atoms with Crippen LogP contribution in [0.25, 0.3) is 0 Å². The van der Waals surface area contributed by atoms with Gasteiger partial charge in [0.2, 0.25) is 5.91 Å². The van der Waals surface area contributed by atoms with Crippen molar-refractivity contribution in [2.75, 3.05) is 11.5 Å². The minimum atomic E-state index is -2.99. The number of sulfone groups is 1. The van der Waals surface area contributed by atoms with Gasteiger partial charge in [-0.15, -0.1) is 0 Å². The first-order chi connectivity index (χ1) is 7.15. The fourth-order valence-corrected chi connectivity index (χ4v) is 3.15. The zero-order valence-corrected chi connectivity index (χ0v) is 11.0. The van der Waals surface area contributed by atoms with Gasteiger partial charge >= 0.3 is 0 Å². The topological polar surface area (TPSA) is 89.3 Å². The van der Waals surface area contributed by atoms with Gasteiger partial charge in [0.15, 0.2) is 9.84 Å². The summed E-state index contributed by atoms with van der Waals surface area (Å²) in [5.74, 6) is -0.181. The molecule has 1 rings (SSSR count). The Morgan fingerprint density at radius 1 is 1.50 bits per heavy atom. The molecule has 1 aliphatic rings. The molecule has 0 aromatic heterocycles. The van der Waals surface area contributed by atoms with Crippen LogP contribution in [0.2, 0.25) is 0 Å². The van der Waals surface area contributed by atoms with Crippen molar-refractivity contribution in [1.29, 1.82) is 0 Å². The summed E-state index contributed by atoms with van der Waals surface area (Å²) in [7, 11) is -2.99. The lowest BCUT2D eigenvalue weighted by atomic mass is 9.92. The highest BCUT2D eigenvalue weighted by molar-refractivity contribution is 7.91. The van der Waals surface area contributed by atoms with E-state index in [1.54, 1.807) is 13.8 Å². The van der Waals surface area contributed by atoms with Gasteiger partial charge in [-0.05, 0) is 20.3 Å². The fraction of sp³-hybridized carbons (Fsp3) is 0.778. The third-order valence-electron chi connectivity index (χ3n) is 2.75. The molecular formula is C9H16N2O3S2. The Morgan fingerprint density at radius 3 is 2.44 bits per heavy atom. The van der Waals surface area contributed by atoms with Gasteiger partial charge in [0.05, 0.1) is 21.9 Å². The Labute approximate surface area is 101 Å². The van der Waals surface area contributed by atoms with Crippen molar-refractivity contribution in [3.8, 4) is 0 Å². The van der Waals surface area contributed by atoms with Crippen LogP contribution in [0.5, 0.6) is 0 Å². The number of rotatable bonds is 3. The first kappa shape index (κ1) is 13.4. The molecule has 16 heavy (non-hydrogen) atoms. The van der Waals surface area contributed by atoms with Crippen molar-refractivity contribution >= 4 is 33.0 Å². The second-order valence-corrected chi connectivity index (χ2v) is 7.23. The normalized spacial score (nSPS) is 24.0. The standard InChI is InChI=1S/C9H16N2O3S2/c1-9(2,7(10)15)8(12)11-6-3-4-16(13,14)5-6/h6H,3-5H2,1-2H3,(H2,10,15)(H,11,12). The summed E-state index contributed by atoms with van der Waals surface area (Å²) in [4.78, 5) is 11.9. The summed E-state index contributed by atoms with van der Waals surface area (Å²) in [6, 6.07) is -0.314. The Morgan fingerprint density at radius 2 is 2.06 bits per heavy atom. The molecule has 1 atom stereocenters. The number of carbonyl (C=O) groups excluding carboxylic acids is 1. The van der Waals surface area contributed by atoms with E-state index >= 15 is 0 Å². The molecular weight excluding hydrogens is 248 g/mol. The van der Waals surface area contributed by atoms with Crippen LogP contribution in [0.1, 0.15) is 20.3 Å². The van der Waals surface area contributed by atoms with Crippen molar-refractivity contribution in [3.63, 3.8) is 0 Å². The van der Waals surface area contributed by atoms with Crippen molar-refractivity contribution in [2.45, 2.75) is 26.3 Å². The zero-order chi connectivity index (χ0) is 12.6. The largest absolute Gasteiger partial charge is 0.392 e. The first-order valence-electron chi connectivity index (χ1n) is 4.96. The number of hydrogen-bond acceptors (Lipinski definition) is 4. The van der Waals surface area contributed by atoms with Gasteiger partial charge in [-0.2, -0.15) is 0 Å². The summed E-state index contributed by atoms with van der Waals surface area (Å²) in [5, 5.41) is 2.67. The molecule has 0 spiro atoms. The van der Waals surface area contributed by atoms with E-state index < -0.39 is 15.3 Å². The van der Waals surface area contributed by atoms with Crippen LogP contribution in [0, 0.1) is 5.41 Å². The average molecular weight is 264 g/mol. The van der Waals surface area contributed by atoms with Crippen molar-refractivity contribution in [2.24, 2.45) is 11.1 Å². The first-order valence-corrected chi connectivity index (χ1v) is 7.19. The van der Waals surface area contributed by atoms with Gasteiger partial charge < -0.3 is 11.1 Å². The molecule has 1 unspecified atom stereocenters. The monoisotopic (exact) mass is 264 g/mol. The Balaban J connectivity index is 2.64. The number of hydrogen-bond donors (Lipinski definition) is 2. The van der Waals surface area contributed by atoms with E-state index in [2.05, 4.69) is 5.32 Å². The number of thiocarbonyl (C=S) groups is 1. The molecule has 1 heterocycles. The summed E-state index contributed by atoms with van der Waals surface area (Å²) in [6.45, 7) is 3.24. The van der Waals surface area contributed by atoms with E-state index in [1.165, 1.54) is 0 Å². The molecule has 7 heteroatoms. The van der Waals surface area contributed by atoms with Crippen LogP contribution in [0.15, 0.2) is 0 Å². The van der Waals surface area contributed by atoms with E-state index in [0.717, 1.165) is 0 Å². The SMILES string of the molecule is CC(C)(C(=O)NC1CCS(=O)(=O)C1)C(N)=S. The Hall–Kier alpha value is -0.690. The predicted molar refractivity (Wildman–Crippen MR) is 65.8 cm³/mol. The zero-order valence-electron chi connectivity index (χ0n) is 9.32. The van der Waals surface area contributed by atoms with Gasteiger partial charge in [-0.1, -0.05) is 12.2 Å². The van der Waals surface area contributed by atoms with Crippen LogP contribution in [0.3, 0.4) is 0 Å². The number of amides is 1. The summed E-state index contributed by atoms with van der Waals surface area (Å²) in [5.41, 5.74) is 4.51. The summed E-state index contributed by atoms with van der Waals surface area (Å²) >= 11 is 4.79. The van der Waals surface area contributed by atoms with Gasteiger partial charge in [0.1, 0.15) is 0 Å². The molecule has 0 aromatic rings. The lowest BCUT2D eigenvalue weighted by Gasteiger charge is -2.24. The fourth-order valence-electron chi connectivity index (χ4n) is 1.39. The highest BCUT2D eigenvalue weighted by Gasteiger charge is 2.35. The van der Waals surface area contributed by atoms with Crippen LogP contribution in [-0.2, 0) is 14.6 Å². The molecule has 0 aromatic carbocycles. The number of nitrogens with two attached hydrogens (primary N) is 1. The minimum Gasteiger partial charge on any atom is -0.392 e. The third kappa shape index (κ3) is 2.91.